The SMILES string of the molecule is CO[C@H]1O[C@H](CO)[C@@H](OS(C)(=O)=O)[C@H](OCc2ccccc2)[C@H]1OCc1ccccc1. The summed E-state index contributed by atoms with van der Waals surface area (Å²) in [5, 5.41) is 9.82. The summed E-state index contributed by atoms with van der Waals surface area (Å²) >= 11 is 0. The topological polar surface area (TPSA) is 101 Å². The number of methoxy groups -OCH3 is 1. The lowest BCUT2D eigenvalue weighted by molar-refractivity contribution is -0.309. The van der Waals surface area contributed by atoms with Crippen LogP contribution in [0.4, 0.5) is 0 Å². The molecule has 8 nitrogen and oxygen atoms in total. The first-order valence-corrected chi connectivity index (χ1v) is 11.7. The fourth-order valence-electron chi connectivity index (χ4n) is 3.43. The molecule has 1 N–H and O–H groups in total. The molecule has 0 spiro atoms. The molecule has 170 valence electrons. The van der Waals surface area contributed by atoms with Gasteiger partial charge in [-0.2, -0.15) is 8.42 Å². The maximum atomic E-state index is 11.9. The molecule has 1 aliphatic rings. The van der Waals surface area contributed by atoms with Crippen LogP contribution in [0.1, 0.15) is 11.1 Å². The second-order valence-electron chi connectivity index (χ2n) is 7.25. The van der Waals surface area contributed by atoms with E-state index < -0.39 is 47.4 Å². The minimum Gasteiger partial charge on any atom is -0.394 e. The molecule has 1 aliphatic heterocycles. The fraction of sp³-hybridized carbons (Fsp3) is 0.455. The highest BCUT2D eigenvalue weighted by Gasteiger charge is 2.49. The number of aliphatic hydroxyl groups is 1. The van der Waals surface area contributed by atoms with E-state index in [1.807, 2.05) is 60.7 Å². The average Bonchev–Trinajstić information content (AvgIpc) is 2.77. The second-order valence-corrected chi connectivity index (χ2v) is 8.85. The molecule has 0 aromatic heterocycles. The number of ether oxygens (including phenoxy) is 4. The summed E-state index contributed by atoms with van der Waals surface area (Å²) in [7, 11) is -2.42. The lowest BCUT2D eigenvalue weighted by Gasteiger charge is -2.44. The Morgan fingerprint density at radius 2 is 1.39 bits per heavy atom. The summed E-state index contributed by atoms with van der Waals surface area (Å²) in [5.41, 5.74) is 1.81. The average molecular weight is 453 g/mol. The Kier molecular flexibility index (Phi) is 8.56. The molecule has 0 unspecified atom stereocenters. The van der Waals surface area contributed by atoms with Gasteiger partial charge in [-0.1, -0.05) is 60.7 Å². The predicted octanol–water partition coefficient (Wildman–Crippen LogP) is 1.87. The van der Waals surface area contributed by atoms with Gasteiger partial charge in [0.15, 0.2) is 6.29 Å². The van der Waals surface area contributed by atoms with Crippen LogP contribution in [0.15, 0.2) is 60.7 Å². The predicted molar refractivity (Wildman–Crippen MR) is 113 cm³/mol. The lowest BCUT2D eigenvalue weighted by atomic mass is 9.98. The molecule has 1 fully saturated rings. The van der Waals surface area contributed by atoms with Gasteiger partial charge in [0.1, 0.15) is 24.4 Å². The van der Waals surface area contributed by atoms with Crippen molar-refractivity contribution < 1.29 is 36.7 Å². The first-order valence-electron chi connectivity index (χ1n) is 9.89. The molecule has 0 saturated carbocycles. The van der Waals surface area contributed by atoms with E-state index in [9.17, 15) is 13.5 Å². The van der Waals surface area contributed by atoms with E-state index in [1.165, 1.54) is 7.11 Å². The third kappa shape index (κ3) is 6.81. The van der Waals surface area contributed by atoms with Gasteiger partial charge in [-0.3, -0.25) is 4.18 Å². The summed E-state index contributed by atoms with van der Waals surface area (Å²) in [4.78, 5) is 0. The van der Waals surface area contributed by atoms with Gasteiger partial charge >= 0.3 is 0 Å². The van der Waals surface area contributed by atoms with Crippen LogP contribution < -0.4 is 0 Å². The van der Waals surface area contributed by atoms with Crippen molar-refractivity contribution in [1.29, 1.82) is 0 Å². The van der Waals surface area contributed by atoms with Crippen LogP contribution >= 0.6 is 0 Å². The standard InChI is InChI=1S/C22H28O8S/c1-26-22-21(28-15-17-11-7-4-8-12-17)20(27-14-16-9-5-3-6-10-16)19(18(13-23)29-22)30-31(2,24)25/h3-12,18-23H,13-15H2,1-2H3/t18-,19-,20+,21-,22+/m1/s1. The van der Waals surface area contributed by atoms with E-state index in [0.29, 0.717) is 0 Å². The summed E-state index contributed by atoms with van der Waals surface area (Å²) in [6.45, 7) is -0.0547. The molecular weight excluding hydrogens is 424 g/mol. The van der Waals surface area contributed by atoms with Crippen LogP contribution in [0.2, 0.25) is 0 Å². The van der Waals surface area contributed by atoms with Crippen LogP contribution in [0.3, 0.4) is 0 Å². The molecular formula is C22H28O8S. The Morgan fingerprint density at radius 1 is 0.871 bits per heavy atom. The van der Waals surface area contributed by atoms with Gasteiger partial charge in [0, 0.05) is 7.11 Å². The maximum absolute atomic E-state index is 11.9. The Hall–Kier alpha value is -1.85. The van der Waals surface area contributed by atoms with E-state index >= 15 is 0 Å². The maximum Gasteiger partial charge on any atom is 0.264 e. The van der Waals surface area contributed by atoms with Crippen LogP contribution in [0.25, 0.3) is 0 Å². The van der Waals surface area contributed by atoms with Crippen molar-refractivity contribution in [2.75, 3.05) is 20.0 Å². The smallest absolute Gasteiger partial charge is 0.264 e. The summed E-state index contributed by atoms with van der Waals surface area (Å²) in [5.74, 6) is 0. The van der Waals surface area contributed by atoms with Gasteiger partial charge in [0.2, 0.25) is 0 Å². The van der Waals surface area contributed by atoms with Gasteiger partial charge in [0.25, 0.3) is 10.1 Å². The largest absolute Gasteiger partial charge is 0.394 e. The summed E-state index contributed by atoms with van der Waals surface area (Å²) in [6.07, 6.45) is -3.72. The fourth-order valence-corrected chi connectivity index (χ4v) is 4.07. The van der Waals surface area contributed by atoms with Gasteiger partial charge in [-0.15, -0.1) is 0 Å². The van der Waals surface area contributed by atoms with Crippen LogP contribution in [-0.4, -0.2) is 64.2 Å². The molecule has 0 bridgehead atoms. The van der Waals surface area contributed by atoms with E-state index in [1.54, 1.807) is 0 Å². The van der Waals surface area contributed by atoms with Gasteiger partial charge in [0.05, 0.1) is 26.1 Å². The zero-order valence-corrected chi connectivity index (χ0v) is 18.3. The van der Waals surface area contributed by atoms with E-state index in [4.69, 9.17) is 23.1 Å². The molecule has 0 radical (unpaired) electrons. The molecule has 2 aromatic carbocycles. The number of benzene rings is 2. The number of aliphatic hydroxyl groups excluding tert-OH is 1. The third-order valence-electron chi connectivity index (χ3n) is 4.86. The zero-order chi connectivity index (χ0) is 22.3. The molecule has 2 aromatic rings. The Bertz CT molecular complexity index is 890. The quantitative estimate of drug-likeness (QED) is 0.546. The van der Waals surface area contributed by atoms with Crippen molar-refractivity contribution in [3.63, 3.8) is 0 Å². The zero-order valence-electron chi connectivity index (χ0n) is 17.5. The van der Waals surface area contributed by atoms with Crippen molar-refractivity contribution in [3.05, 3.63) is 71.8 Å². The van der Waals surface area contributed by atoms with Crippen molar-refractivity contribution in [2.24, 2.45) is 0 Å². The molecule has 3 rings (SSSR count). The lowest BCUT2D eigenvalue weighted by Crippen LogP contribution is -2.61. The van der Waals surface area contributed by atoms with Crippen molar-refractivity contribution in [2.45, 2.75) is 43.9 Å². The van der Waals surface area contributed by atoms with E-state index in [0.717, 1.165) is 17.4 Å². The van der Waals surface area contributed by atoms with Crippen molar-refractivity contribution in [3.8, 4) is 0 Å². The van der Waals surface area contributed by atoms with Crippen LogP contribution in [0.5, 0.6) is 0 Å². The van der Waals surface area contributed by atoms with E-state index in [2.05, 4.69) is 0 Å². The minimum atomic E-state index is -3.86. The van der Waals surface area contributed by atoms with Crippen LogP contribution in [-0.2, 0) is 46.5 Å². The Morgan fingerprint density at radius 3 is 1.84 bits per heavy atom. The molecule has 1 heterocycles. The number of hydrogen-bond acceptors (Lipinski definition) is 8. The Labute approximate surface area is 182 Å². The van der Waals surface area contributed by atoms with E-state index in [-0.39, 0.29) is 13.2 Å². The first kappa shape index (κ1) is 23.8. The Balaban J connectivity index is 1.87. The third-order valence-corrected chi connectivity index (χ3v) is 5.43. The molecule has 5 atom stereocenters. The molecule has 0 amide bonds. The molecule has 1 saturated heterocycles. The van der Waals surface area contributed by atoms with Gasteiger partial charge in [-0.25, -0.2) is 0 Å². The van der Waals surface area contributed by atoms with Gasteiger partial charge < -0.3 is 24.1 Å². The van der Waals surface area contributed by atoms with Gasteiger partial charge in [-0.05, 0) is 11.1 Å². The monoisotopic (exact) mass is 452 g/mol. The highest BCUT2D eigenvalue weighted by molar-refractivity contribution is 7.86. The first-order chi connectivity index (χ1) is 14.9. The normalized spacial score (nSPS) is 26.6. The summed E-state index contributed by atoms with van der Waals surface area (Å²) < 4.78 is 52.5. The number of rotatable bonds is 10. The molecule has 31 heavy (non-hydrogen) atoms. The van der Waals surface area contributed by atoms with Crippen LogP contribution in [0, 0.1) is 0 Å². The summed E-state index contributed by atoms with van der Waals surface area (Å²) in [6, 6.07) is 18.9. The highest BCUT2D eigenvalue weighted by atomic mass is 32.2. The number of hydrogen-bond donors (Lipinski definition) is 1. The highest BCUT2D eigenvalue weighted by Crippen LogP contribution is 2.30. The van der Waals surface area contributed by atoms with Crippen molar-refractivity contribution >= 4 is 10.1 Å². The molecule has 0 aliphatic carbocycles. The minimum absolute atomic E-state index is 0.189. The molecule has 9 heteroatoms. The second kappa shape index (κ2) is 11.1. The van der Waals surface area contributed by atoms with Crippen molar-refractivity contribution in [1.82, 2.24) is 0 Å².